The number of carbonyl (C=O) groups is 5. The van der Waals surface area contributed by atoms with E-state index in [1.54, 1.807) is 20.8 Å². The molecule has 2 aromatic rings. The lowest BCUT2D eigenvalue weighted by Crippen LogP contribution is -2.52. The van der Waals surface area contributed by atoms with Crippen LogP contribution in [-0.2, 0) is 23.9 Å². The fourth-order valence-electron chi connectivity index (χ4n) is 4.85. The molecule has 1 aliphatic rings. The number of carbonyl (C=O) groups excluding carboxylic acids is 4. The average molecular weight is 597 g/mol. The fourth-order valence-corrected chi connectivity index (χ4v) is 4.85. The minimum Gasteiger partial charge on any atom is -0.480 e. The number of primary amides is 1. The lowest BCUT2D eigenvalue weighted by molar-refractivity contribution is -0.142. The molecule has 0 heterocycles. The lowest BCUT2D eigenvalue weighted by Gasteiger charge is -2.22. The van der Waals surface area contributed by atoms with Gasteiger partial charge in [-0.05, 0) is 68.7 Å². The predicted molar refractivity (Wildman–Crippen MR) is 158 cm³/mol. The number of benzene rings is 2. The number of unbranched alkanes of at least 4 members (excludes halogenated alkanes) is 1. The maximum absolute atomic E-state index is 13.1. The van der Waals surface area contributed by atoms with E-state index in [0.717, 1.165) is 22.3 Å². The molecule has 1 aliphatic carbocycles. The van der Waals surface area contributed by atoms with Gasteiger partial charge >= 0.3 is 18.2 Å². The number of nitrogens with two attached hydrogens (primary N) is 1. The highest BCUT2D eigenvalue weighted by atomic mass is 16.6. The number of alkyl carbamates (subject to hydrolysis) is 2. The number of aliphatic carboxylic acids is 1. The molecule has 0 saturated carbocycles. The smallest absolute Gasteiger partial charge is 0.407 e. The number of amides is 4. The Labute approximate surface area is 250 Å². The van der Waals surface area contributed by atoms with Gasteiger partial charge in [-0.1, -0.05) is 48.5 Å². The number of carboxylic acids is 1. The standard InChI is InChI=1S/C31H40N4O8/c1-31(2,3)43-29(40)33-17-9-8-14-24(27(37)34-25(28(38)39)15-16-26(32)36)35-30(41)42-18-23-21-12-6-4-10-19(21)20-11-5-7-13-22(20)23/h4-7,10-13,23-25H,8-9,14-18H2,1-3H3,(H2,32,36)(H,33,40)(H,34,37)(H,35,41)(H,38,39)/t24-,25-/m0/s1. The molecule has 43 heavy (non-hydrogen) atoms. The van der Waals surface area contributed by atoms with E-state index in [0.29, 0.717) is 12.8 Å². The van der Waals surface area contributed by atoms with Crippen LogP contribution in [0.4, 0.5) is 9.59 Å². The fraction of sp³-hybridized carbons (Fsp3) is 0.452. The Bertz CT molecular complexity index is 1280. The van der Waals surface area contributed by atoms with Crippen molar-refractivity contribution in [3.8, 4) is 11.1 Å². The highest BCUT2D eigenvalue weighted by Gasteiger charge is 2.31. The van der Waals surface area contributed by atoms with E-state index in [2.05, 4.69) is 16.0 Å². The van der Waals surface area contributed by atoms with Crippen LogP contribution in [-0.4, -0.2) is 65.9 Å². The summed E-state index contributed by atoms with van der Waals surface area (Å²) in [6.07, 6.45) is -0.856. The topological polar surface area (TPSA) is 186 Å². The zero-order valence-electron chi connectivity index (χ0n) is 24.7. The molecule has 0 bridgehead atoms. The van der Waals surface area contributed by atoms with Gasteiger partial charge in [-0.25, -0.2) is 14.4 Å². The summed E-state index contributed by atoms with van der Waals surface area (Å²) in [5.41, 5.74) is 8.69. The molecule has 12 heteroatoms. The van der Waals surface area contributed by atoms with Crippen LogP contribution in [0.25, 0.3) is 11.1 Å². The van der Waals surface area contributed by atoms with E-state index in [4.69, 9.17) is 15.2 Å². The molecule has 0 unspecified atom stereocenters. The first-order valence-electron chi connectivity index (χ1n) is 14.3. The van der Waals surface area contributed by atoms with Crippen molar-refractivity contribution < 1.29 is 38.6 Å². The molecule has 232 valence electrons. The summed E-state index contributed by atoms with van der Waals surface area (Å²) in [5.74, 6) is -2.97. The van der Waals surface area contributed by atoms with Gasteiger partial charge in [0.05, 0.1) is 0 Å². The first-order chi connectivity index (χ1) is 20.4. The van der Waals surface area contributed by atoms with Crippen LogP contribution in [0.3, 0.4) is 0 Å². The summed E-state index contributed by atoms with van der Waals surface area (Å²) < 4.78 is 10.8. The second-order valence-electron chi connectivity index (χ2n) is 11.4. The molecular formula is C31H40N4O8. The van der Waals surface area contributed by atoms with E-state index in [-0.39, 0.29) is 38.3 Å². The Balaban J connectivity index is 1.62. The third-order valence-corrected chi connectivity index (χ3v) is 6.83. The van der Waals surface area contributed by atoms with Crippen LogP contribution in [0.15, 0.2) is 48.5 Å². The van der Waals surface area contributed by atoms with E-state index in [1.165, 1.54) is 0 Å². The van der Waals surface area contributed by atoms with E-state index < -0.39 is 47.7 Å². The molecule has 0 spiro atoms. The van der Waals surface area contributed by atoms with Gasteiger partial charge < -0.3 is 36.3 Å². The summed E-state index contributed by atoms with van der Waals surface area (Å²) in [7, 11) is 0. The monoisotopic (exact) mass is 596 g/mol. The first-order valence-corrected chi connectivity index (χ1v) is 14.3. The molecule has 2 aromatic carbocycles. The van der Waals surface area contributed by atoms with Gasteiger partial charge in [0.25, 0.3) is 0 Å². The van der Waals surface area contributed by atoms with Crippen molar-refractivity contribution in [1.29, 1.82) is 0 Å². The molecule has 12 nitrogen and oxygen atoms in total. The number of carboxylic acid groups (broad SMARTS) is 1. The van der Waals surface area contributed by atoms with Gasteiger partial charge in [0.2, 0.25) is 11.8 Å². The second kappa shape index (κ2) is 15.0. The Morgan fingerprint density at radius 3 is 2.02 bits per heavy atom. The second-order valence-corrected chi connectivity index (χ2v) is 11.4. The largest absolute Gasteiger partial charge is 0.480 e. The molecule has 6 N–H and O–H groups in total. The van der Waals surface area contributed by atoms with Crippen molar-refractivity contribution in [3.05, 3.63) is 59.7 Å². The Morgan fingerprint density at radius 1 is 0.860 bits per heavy atom. The number of rotatable bonds is 14. The van der Waals surface area contributed by atoms with Gasteiger partial charge in [-0.2, -0.15) is 0 Å². The number of hydrogen-bond acceptors (Lipinski definition) is 7. The Hall–Kier alpha value is -4.61. The predicted octanol–water partition coefficient (Wildman–Crippen LogP) is 3.42. The number of ether oxygens (including phenoxy) is 2. The van der Waals surface area contributed by atoms with Crippen LogP contribution >= 0.6 is 0 Å². The van der Waals surface area contributed by atoms with E-state index in [9.17, 15) is 29.1 Å². The van der Waals surface area contributed by atoms with Crippen molar-refractivity contribution in [2.75, 3.05) is 13.2 Å². The quantitative estimate of drug-likeness (QED) is 0.205. The van der Waals surface area contributed by atoms with Crippen LogP contribution in [0.5, 0.6) is 0 Å². The molecule has 0 fully saturated rings. The van der Waals surface area contributed by atoms with Gasteiger partial charge in [-0.3, -0.25) is 9.59 Å². The summed E-state index contributed by atoms with van der Waals surface area (Å²) in [6.45, 7) is 5.55. The van der Waals surface area contributed by atoms with E-state index >= 15 is 0 Å². The van der Waals surface area contributed by atoms with Crippen molar-refractivity contribution in [2.24, 2.45) is 5.73 Å². The van der Waals surface area contributed by atoms with Crippen LogP contribution in [0.2, 0.25) is 0 Å². The number of nitrogens with one attached hydrogen (secondary N) is 3. The minimum atomic E-state index is -1.37. The third-order valence-electron chi connectivity index (χ3n) is 6.83. The molecule has 0 radical (unpaired) electrons. The SMILES string of the molecule is CC(C)(C)OC(=O)NCCCC[C@H](NC(=O)OCC1c2ccccc2-c2ccccc21)C(=O)N[C@@H](CCC(N)=O)C(=O)O. The summed E-state index contributed by atoms with van der Waals surface area (Å²) in [6, 6.07) is 13.2. The van der Waals surface area contributed by atoms with Crippen LogP contribution in [0.1, 0.15) is 69.9 Å². The zero-order chi connectivity index (χ0) is 31.6. The molecule has 0 aliphatic heterocycles. The molecular weight excluding hydrogens is 556 g/mol. The lowest BCUT2D eigenvalue weighted by atomic mass is 9.98. The van der Waals surface area contributed by atoms with Crippen molar-refractivity contribution >= 4 is 30.0 Å². The van der Waals surface area contributed by atoms with Crippen molar-refractivity contribution in [2.45, 2.75) is 76.5 Å². The normalized spacial score (nSPS) is 13.6. The average Bonchev–Trinajstić information content (AvgIpc) is 3.25. The highest BCUT2D eigenvalue weighted by molar-refractivity contribution is 5.89. The van der Waals surface area contributed by atoms with Crippen LogP contribution < -0.4 is 21.7 Å². The van der Waals surface area contributed by atoms with Gasteiger partial charge in [0, 0.05) is 18.9 Å². The van der Waals surface area contributed by atoms with Crippen molar-refractivity contribution in [1.82, 2.24) is 16.0 Å². The molecule has 0 saturated heterocycles. The van der Waals surface area contributed by atoms with E-state index in [1.807, 2.05) is 48.5 Å². The summed E-state index contributed by atoms with van der Waals surface area (Å²) in [4.78, 5) is 60.7. The first kappa shape index (κ1) is 32.9. The van der Waals surface area contributed by atoms with Crippen LogP contribution in [0, 0.1) is 0 Å². The number of hydrogen-bond donors (Lipinski definition) is 5. The third kappa shape index (κ3) is 10.0. The molecule has 0 aromatic heterocycles. The Kier molecular flexibility index (Phi) is 11.5. The summed E-state index contributed by atoms with van der Waals surface area (Å²) >= 11 is 0. The highest BCUT2D eigenvalue weighted by Crippen LogP contribution is 2.44. The van der Waals surface area contributed by atoms with Gasteiger partial charge in [0.15, 0.2) is 0 Å². The minimum absolute atomic E-state index is 0.0321. The maximum atomic E-state index is 13.1. The molecule has 2 atom stereocenters. The zero-order valence-corrected chi connectivity index (χ0v) is 24.7. The van der Waals surface area contributed by atoms with Gasteiger partial charge in [-0.15, -0.1) is 0 Å². The van der Waals surface area contributed by atoms with Crippen molar-refractivity contribution in [3.63, 3.8) is 0 Å². The maximum Gasteiger partial charge on any atom is 0.407 e. The Morgan fingerprint density at radius 2 is 1.47 bits per heavy atom. The number of fused-ring (bicyclic) bond motifs is 3. The summed E-state index contributed by atoms with van der Waals surface area (Å²) in [5, 5.41) is 17.1. The molecule has 3 rings (SSSR count). The van der Waals surface area contributed by atoms with Gasteiger partial charge in [0.1, 0.15) is 24.3 Å². The molecule has 4 amide bonds.